The van der Waals surface area contributed by atoms with Crippen LogP contribution in [-0.4, -0.2) is 37.0 Å². The number of hydrogen-bond acceptors (Lipinski definition) is 2. The van der Waals surface area contributed by atoms with Gasteiger partial charge in [0.25, 0.3) is 0 Å². The molecule has 3 nitrogen and oxygen atoms in total. The summed E-state index contributed by atoms with van der Waals surface area (Å²) in [7, 11) is 1.83. The van der Waals surface area contributed by atoms with E-state index in [1.54, 1.807) is 4.90 Å². The highest BCUT2D eigenvalue weighted by Crippen LogP contribution is 1.95. The van der Waals surface area contributed by atoms with Gasteiger partial charge in [-0.1, -0.05) is 13.8 Å². The van der Waals surface area contributed by atoms with Gasteiger partial charge in [0.15, 0.2) is 0 Å². The quantitative estimate of drug-likeness (QED) is 0.555. The topological polar surface area (TPSA) is 32.3 Å². The van der Waals surface area contributed by atoms with Crippen molar-refractivity contribution in [3.8, 4) is 0 Å². The molecule has 1 aliphatic heterocycles. The highest BCUT2D eigenvalue weighted by molar-refractivity contribution is 5.81. The molecule has 0 aromatic heterocycles. The van der Waals surface area contributed by atoms with Gasteiger partial charge >= 0.3 is 0 Å². The maximum atomic E-state index is 11.0. The van der Waals surface area contributed by atoms with Crippen molar-refractivity contribution in [1.82, 2.24) is 10.2 Å². The first kappa shape index (κ1) is 10.4. The van der Waals surface area contributed by atoms with Crippen molar-refractivity contribution in [2.75, 3.05) is 20.1 Å². The molecule has 3 heteroatoms. The molecule has 11 heavy (non-hydrogen) atoms. The number of carbonyl (C=O) groups is 1. The second-order valence-electron chi connectivity index (χ2n) is 2.44. The number of nitrogens with one attached hydrogen (secondary N) is 1. The number of hydrogen-bond donors (Lipinski definition) is 1. The molecule has 1 aliphatic rings. The molecule has 1 amide bonds. The molecule has 0 bridgehead atoms. The molecule has 0 spiro atoms. The smallest absolute Gasteiger partial charge is 0.239 e. The standard InChI is InChI=1S/C6H12N2O.C2H6/c1-5-6(9)8(2)4-3-7-5;1-2/h5,7H,3-4H2,1-2H3;1-2H3. The lowest BCUT2D eigenvalue weighted by molar-refractivity contribution is -0.133. The second kappa shape index (κ2) is 5.13. The molecule has 0 aromatic rings. The Hall–Kier alpha value is -0.570. The van der Waals surface area contributed by atoms with Crippen LogP contribution in [0.25, 0.3) is 0 Å². The molecule has 1 rings (SSSR count). The monoisotopic (exact) mass is 158 g/mol. The minimum atomic E-state index is 0.0174. The number of rotatable bonds is 0. The van der Waals surface area contributed by atoms with Crippen LogP contribution in [0.1, 0.15) is 20.8 Å². The van der Waals surface area contributed by atoms with Gasteiger partial charge in [-0.05, 0) is 6.92 Å². The largest absolute Gasteiger partial charge is 0.343 e. The Morgan fingerprint density at radius 1 is 1.55 bits per heavy atom. The predicted molar refractivity (Wildman–Crippen MR) is 46.4 cm³/mol. The lowest BCUT2D eigenvalue weighted by atomic mass is 10.2. The van der Waals surface area contributed by atoms with E-state index in [9.17, 15) is 4.79 Å². The van der Waals surface area contributed by atoms with Crippen molar-refractivity contribution in [2.24, 2.45) is 0 Å². The Labute approximate surface area is 68.8 Å². The summed E-state index contributed by atoms with van der Waals surface area (Å²) in [6.07, 6.45) is 0. The van der Waals surface area contributed by atoms with Gasteiger partial charge < -0.3 is 10.2 Å². The summed E-state index contributed by atoms with van der Waals surface area (Å²) >= 11 is 0. The SMILES string of the molecule is CC.CC1NCCN(C)C1=O. The zero-order valence-electron chi connectivity index (χ0n) is 7.85. The molecule has 1 atom stereocenters. The Kier molecular flexibility index (Phi) is 4.86. The highest BCUT2D eigenvalue weighted by atomic mass is 16.2. The molecular formula is C8H18N2O. The van der Waals surface area contributed by atoms with Crippen LogP contribution in [0.5, 0.6) is 0 Å². The molecule has 0 aromatic carbocycles. The average molecular weight is 158 g/mol. The van der Waals surface area contributed by atoms with E-state index in [1.165, 1.54) is 0 Å². The summed E-state index contributed by atoms with van der Waals surface area (Å²) in [5, 5.41) is 3.07. The normalized spacial score (nSPS) is 24.2. The fourth-order valence-corrected chi connectivity index (χ4v) is 0.977. The van der Waals surface area contributed by atoms with Crippen LogP contribution in [0.4, 0.5) is 0 Å². The van der Waals surface area contributed by atoms with Gasteiger partial charge in [-0.2, -0.15) is 0 Å². The summed E-state index contributed by atoms with van der Waals surface area (Å²) in [5.74, 6) is 0.196. The van der Waals surface area contributed by atoms with Crippen LogP contribution in [0.3, 0.4) is 0 Å². The van der Waals surface area contributed by atoms with Crippen LogP contribution >= 0.6 is 0 Å². The number of piperazine rings is 1. The molecular weight excluding hydrogens is 140 g/mol. The Morgan fingerprint density at radius 3 is 2.45 bits per heavy atom. The average Bonchev–Trinajstić information content (AvgIpc) is 2.04. The number of amides is 1. The molecule has 0 radical (unpaired) electrons. The minimum Gasteiger partial charge on any atom is -0.343 e. The van der Waals surface area contributed by atoms with E-state index in [4.69, 9.17) is 0 Å². The summed E-state index contributed by atoms with van der Waals surface area (Å²) in [6, 6.07) is 0.0174. The molecule has 1 unspecified atom stereocenters. The van der Waals surface area contributed by atoms with Crippen molar-refractivity contribution in [3.05, 3.63) is 0 Å². The molecule has 0 saturated carbocycles. The van der Waals surface area contributed by atoms with Crippen LogP contribution in [0.2, 0.25) is 0 Å². The summed E-state index contributed by atoms with van der Waals surface area (Å²) in [4.78, 5) is 12.7. The highest BCUT2D eigenvalue weighted by Gasteiger charge is 2.20. The zero-order valence-corrected chi connectivity index (χ0v) is 7.85. The van der Waals surface area contributed by atoms with Gasteiger partial charge in [-0.25, -0.2) is 0 Å². The van der Waals surface area contributed by atoms with E-state index in [2.05, 4.69) is 5.32 Å². The van der Waals surface area contributed by atoms with Crippen LogP contribution in [-0.2, 0) is 4.79 Å². The summed E-state index contributed by atoms with van der Waals surface area (Å²) < 4.78 is 0. The molecule has 66 valence electrons. The predicted octanol–water partition coefficient (Wildman–Crippen LogP) is 0.463. The van der Waals surface area contributed by atoms with Crippen molar-refractivity contribution in [1.29, 1.82) is 0 Å². The fourth-order valence-electron chi connectivity index (χ4n) is 0.977. The van der Waals surface area contributed by atoms with Gasteiger partial charge in [0, 0.05) is 20.1 Å². The maximum Gasteiger partial charge on any atom is 0.239 e. The number of nitrogens with zero attached hydrogens (tertiary/aromatic N) is 1. The van der Waals surface area contributed by atoms with E-state index < -0.39 is 0 Å². The molecule has 1 N–H and O–H groups in total. The first-order valence-corrected chi connectivity index (χ1v) is 4.20. The maximum absolute atomic E-state index is 11.0. The van der Waals surface area contributed by atoms with E-state index in [0.717, 1.165) is 13.1 Å². The van der Waals surface area contributed by atoms with E-state index in [-0.39, 0.29) is 11.9 Å². The van der Waals surface area contributed by atoms with Gasteiger partial charge in [0.05, 0.1) is 6.04 Å². The molecule has 1 saturated heterocycles. The van der Waals surface area contributed by atoms with Crippen LogP contribution in [0.15, 0.2) is 0 Å². The Balaban J connectivity index is 0.000000461. The number of likely N-dealkylation sites (N-methyl/N-ethyl adjacent to an activating group) is 1. The minimum absolute atomic E-state index is 0.0174. The third kappa shape index (κ3) is 2.89. The fraction of sp³-hybridized carbons (Fsp3) is 0.875. The third-order valence-corrected chi connectivity index (χ3v) is 1.64. The van der Waals surface area contributed by atoms with Crippen LogP contribution in [0, 0.1) is 0 Å². The number of carbonyl (C=O) groups excluding carboxylic acids is 1. The molecule has 1 fully saturated rings. The lowest BCUT2D eigenvalue weighted by Crippen LogP contribution is -2.51. The van der Waals surface area contributed by atoms with Crippen molar-refractivity contribution >= 4 is 5.91 Å². The molecule has 1 heterocycles. The summed E-state index contributed by atoms with van der Waals surface area (Å²) in [6.45, 7) is 7.64. The second-order valence-corrected chi connectivity index (χ2v) is 2.44. The van der Waals surface area contributed by atoms with Gasteiger partial charge in [0.2, 0.25) is 5.91 Å². The molecule has 0 aliphatic carbocycles. The van der Waals surface area contributed by atoms with E-state index in [1.807, 2.05) is 27.8 Å². The third-order valence-electron chi connectivity index (χ3n) is 1.64. The van der Waals surface area contributed by atoms with Crippen molar-refractivity contribution in [3.63, 3.8) is 0 Å². The van der Waals surface area contributed by atoms with Gasteiger partial charge in [0.1, 0.15) is 0 Å². The van der Waals surface area contributed by atoms with Gasteiger partial charge in [-0.15, -0.1) is 0 Å². The summed E-state index contributed by atoms with van der Waals surface area (Å²) in [5.41, 5.74) is 0. The first-order valence-electron chi connectivity index (χ1n) is 4.20. The van der Waals surface area contributed by atoms with Crippen molar-refractivity contribution in [2.45, 2.75) is 26.8 Å². The van der Waals surface area contributed by atoms with E-state index in [0.29, 0.717) is 0 Å². The lowest BCUT2D eigenvalue weighted by Gasteiger charge is -2.27. The Bertz CT molecular complexity index is 113. The van der Waals surface area contributed by atoms with E-state index >= 15 is 0 Å². The van der Waals surface area contributed by atoms with Crippen molar-refractivity contribution < 1.29 is 4.79 Å². The first-order chi connectivity index (χ1) is 5.22. The Morgan fingerprint density at radius 2 is 2.09 bits per heavy atom. The van der Waals surface area contributed by atoms with Gasteiger partial charge in [-0.3, -0.25) is 4.79 Å². The van der Waals surface area contributed by atoms with Crippen LogP contribution < -0.4 is 5.32 Å². The zero-order chi connectivity index (χ0) is 8.85.